The fraction of sp³-hybridized carbons (Fsp3) is 0. The van der Waals surface area contributed by atoms with Gasteiger partial charge in [-0.05, 0) is 41.8 Å². The number of carbonyl (C=O) groups is 2. The highest BCUT2D eigenvalue weighted by atomic mass is 35.5. The second kappa shape index (κ2) is 7.63. The van der Waals surface area contributed by atoms with Gasteiger partial charge >= 0.3 is 0 Å². The Labute approximate surface area is 156 Å². The van der Waals surface area contributed by atoms with Crippen molar-refractivity contribution in [1.29, 1.82) is 0 Å². The van der Waals surface area contributed by atoms with Crippen molar-refractivity contribution >= 4 is 46.1 Å². The first kappa shape index (κ1) is 18.0. The van der Waals surface area contributed by atoms with Gasteiger partial charge in [-0.3, -0.25) is 9.59 Å². The lowest BCUT2D eigenvalue weighted by molar-refractivity contribution is 0.102. The highest BCUT2D eigenvalue weighted by molar-refractivity contribution is 7.12. The van der Waals surface area contributed by atoms with Crippen molar-refractivity contribution in [2.45, 2.75) is 0 Å². The van der Waals surface area contributed by atoms with Gasteiger partial charge in [0.05, 0.1) is 21.8 Å². The molecule has 1 heterocycles. The molecule has 1 aromatic heterocycles. The van der Waals surface area contributed by atoms with Gasteiger partial charge in [-0.25, -0.2) is 8.78 Å². The monoisotopic (exact) mass is 392 g/mol. The van der Waals surface area contributed by atoms with E-state index >= 15 is 0 Å². The summed E-state index contributed by atoms with van der Waals surface area (Å²) in [7, 11) is 0. The molecule has 0 fully saturated rings. The van der Waals surface area contributed by atoms with Crippen molar-refractivity contribution in [3.8, 4) is 0 Å². The third kappa shape index (κ3) is 4.07. The molecule has 0 aliphatic heterocycles. The summed E-state index contributed by atoms with van der Waals surface area (Å²) in [4.78, 5) is 25.2. The van der Waals surface area contributed by atoms with Gasteiger partial charge in [-0.2, -0.15) is 0 Å². The van der Waals surface area contributed by atoms with Crippen LogP contribution in [-0.4, -0.2) is 11.8 Å². The van der Waals surface area contributed by atoms with Crippen molar-refractivity contribution in [3.63, 3.8) is 0 Å². The molecule has 3 aromatic rings. The molecule has 8 heteroatoms. The van der Waals surface area contributed by atoms with E-state index in [2.05, 4.69) is 10.6 Å². The van der Waals surface area contributed by atoms with Crippen LogP contribution in [0.4, 0.5) is 20.2 Å². The summed E-state index contributed by atoms with van der Waals surface area (Å²) in [6, 6.07) is 10.5. The van der Waals surface area contributed by atoms with Crippen LogP contribution in [0.3, 0.4) is 0 Å². The molecule has 0 spiro atoms. The van der Waals surface area contributed by atoms with E-state index in [4.69, 9.17) is 11.6 Å². The molecule has 132 valence electrons. The molecule has 0 unspecified atom stereocenters. The first-order valence-electron chi connectivity index (χ1n) is 7.35. The average Bonchev–Trinajstić information content (AvgIpc) is 3.12. The van der Waals surface area contributed by atoms with Crippen LogP contribution in [0.5, 0.6) is 0 Å². The molecule has 0 radical (unpaired) electrons. The quantitative estimate of drug-likeness (QED) is 0.642. The van der Waals surface area contributed by atoms with E-state index < -0.39 is 23.4 Å². The van der Waals surface area contributed by atoms with Gasteiger partial charge in [0.25, 0.3) is 11.8 Å². The van der Waals surface area contributed by atoms with Crippen molar-refractivity contribution < 1.29 is 18.4 Å². The lowest BCUT2D eigenvalue weighted by atomic mass is 10.1. The fourth-order valence-corrected chi connectivity index (χ4v) is 2.98. The molecule has 26 heavy (non-hydrogen) atoms. The Morgan fingerprint density at radius 2 is 1.69 bits per heavy atom. The maximum atomic E-state index is 13.7. The Morgan fingerprint density at radius 1 is 0.923 bits per heavy atom. The number of thiophene rings is 1. The predicted molar refractivity (Wildman–Crippen MR) is 98.0 cm³/mol. The molecule has 0 saturated carbocycles. The number of rotatable bonds is 4. The minimum atomic E-state index is -0.906. The molecule has 0 aliphatic carbocycles. The third-order valence-electron chi connectivity index (χ3n) is 3.40. The van der Waals surface area contributed by atoms with Crippen LogP contribution in [0.2, 0.25) is 5.02 Å². The zero-order valence-electron chi connectivity index (χ0n) is 13.1. The molecule has 0 aliphatic rings. The van der Waals surface area contributed by atoms with Crippen LogP contribution in [-0.2, 0) is 0 Å². The van der Waals surface area contributed by atoms with Gasteiger partial charge in [0.15, 0.2) is 0 Å². The topological polar surface area (TPSA) is 58.2 Å². The molecule has 2 amide bonds. The predicted octanol–water partition coefficient (Wildman–Crippen LogP) is 5.18. The summed E-state index contributed by atoms with van der Waals surface area (Å²) in [6.07, 6.45) is 0. The van der Waals surface area contributed by atoms with Crippen LogP contribution in [0, 0.1) is 11.6 Å². The van der Waals surface area contributed by atoms with Crippen molar-refractivity contribution in [3.05, 3.63) is 81.0 Å². The minimum Gasteiger partial charge on any atom is -0.320 e. The number of benzene rings is 2. The number of carbonyl (C=O) groups excluding carboxylic acids is 2. The van der Waals surface area contributed by atoms with Crippen LogP contribution >= 0.6 is 22.9 Å². The normalized spacial score (nSPS) is 10.4. The largest absolute Gasteiger partial charge is 0.320 e. The Hall–Kier alpha value is -2.77. The SMILES string of the molecule is O=C(Nc1cc(Cl)ccc1C(=O)Nc1ccc(F)cc1F)c1cccs1. The number of halogens is 3. The van der Waals surface area contributed by atoms with Gasteiger partial charge < -0.3 is 10.6 Å². The van der Waals surface area contributed by atoms with Crippen LogP contribution in [0.15, 0.2) is 53.9 Å². The average molecular weight is 393 g/mol. The molecular weight excluding hydrogens is 382 g/mol. The van der Waals surface area contributed by atoms with Crippen molar-refractivity contribution in [2.24, 2.45) is 0 Å². The second-order valence-electron chi connectivity index (χ2n) is 5.20. The number of anilines is 2. The maximum absolute atomic E-state index is 13.7. The molecule has 2 N–H and O–H groups in total. The van der Waals surface area contributed by atoms with E-state index in [0.29, 0.717) is 16.0 Å². The number of hydrogen-bond acceptors (Lipinski definition) is 3. The molecule has 0 saturated heterocycles. The van der Waals surface area contributed by atoms with Gasteiger partial charge in [-0.1, -0.05) is 17.7 Å². The lowest BCUT2D eigenvalue weighted by Crippen LogP contribution is -2.18. The Bertz CT molecular complexity index is 977. The van der Waals surface area contributed by atoms with E-state index in [1.54, 1.807) is 17.5 Å². The Balaban J connectivity index is 1.87. The number of amides is 2. The third-order valence-corrected chi connectivity index (χ3v) is 4.50. The molecule has 2 aromatic carbocycles. The molecule has 0 atom stereocenters. The Morgan fingerprint density at radius 3 is 2.38 bits per heavy atom. The summed E-state index contributed by atoms with van der Waals surface area (Å²) in [5.74, 6) is -2.73. The first-order valence-corrected chi connectivity index (χ1v) is 8.60. The highest BCUT2D eigenvalue weighted by Crippen LogP contribution is 2.24. The van der Waals surface area contributed by atoms with E-state index in [1.807, 2.05) is 0 Å². The van der Waals surface area contributed by atoms with Crippen LogP contribution in [0.25, 0.3) is 0 Å². The van der Waals surface area contributed by atoms with Crippen LogP contribution in [0.1, 0.15) is 20.0 Å². The zero-order chi connectivity index (χ0) is 18.7. The fourth-order valence-electron chi connectivity index (χ4n) is 2.19. The molecule has 3 rings (SSSR count). The minimum absolute atomic E-state index is 0.0861. The zero-order valence-corrected chi connectivity index (χ0v) is 14.6. The summed E-state index contributed by atoms with van der Waals surface area (Å²) in [5, 5.41) is 7.03. The van der Waals surface area contributed by atoms with Gasteiger partial charge in [0.2, 0.25) is 0 Å². The van der Waals surface area contributed by atoms with Gasteiger partial charge in [0.1, 0.15) is 11.6 Å². The standard InChI is InChI=1S/C18H11ClF2N2O2S/c19-10-3-5-12(15(8-10)23-18(25)16-2-1-7-26-16)17(24)22-14-6-4-11(20)9-13(14)21/h1-9H,(H,22,24)(H,23,25). The summed E-state index contributed by atoms with van der Waals surface area (Å²) in [6.45, 7) is 0. The van der Waals surface area contributed by atoms with Gasteiger partial charge in [0, 0.05) is 11.1 Å². The second-order valence-corrected chi connectivity index (χ2v) is 6.58. The first-order chi connectivity index (χ1) is 12.4. The maximum Gasteiger partial charge on any atom is 0.265 e. The smallest absolute Gasteiger partial charge is 0.265 e. The number of nitrogens with one attached hydrogen (secondary N) is 2. The van der Waals surface area contributed by atoms with E-state index in [-0.39, 0.29) is 16.9 Å². The van der Waals surface area contributed by atoms with E-state index in [0.717, 1.165) is 12.1 Å². The van der Waals surface area contributed by atoms with Gasteiger partial charge in [-0.15, -0.1) is 11.3 Å². The molecule has 0 bridgehead atoms. The van der Waals surface area contributed by atoms with E-state index in [9.17, 15) is 18.4 Å². The Kier molecular flexibility index (Phi) is 5.29. The molecule has 4 nitrogen and oxygen atoms in total. The van der Waals surface area contributed by atoms with E-state index in [1.165, 1.54) is 29.5 Å². The lowest BCUT2D eigenvalue weighted by Gasteiger charge is -2.12. The van der Waals surface area contributed by atoms with Crippen molar-refractivity contribution in [1.82, 2.24) is 0 Å². The molecular formula is C18H11ClF2N2O2S. The number of hydrogen-bond donors (Lipinski definition) is 2. The van der Waals surface area contributed by atoms with Crippen LogP contribution < -0.4 is 10.6 Å². The highest BCUT2D eigenvalue weighted by Gasteiger charge is 2.17. The van der Waals surface area contributed by atoms with Crippen molar-refractivity contribution in [2.75, 3.05) is 10.6 Å². The summed E-state index contributed by atoms with van der Waals surface area (Å²) in [5.41, 5.74) is 0.0841. The summed E-state index contributed by atoms with van der Waals surface area (Å²) < 4.78 is 26.7. The summed E-state index contributed by atoms with van der Waals surface area (Å²) >= 11 is 7.19.